The summed E-state index contributed by atoms with van der Waals surface area (Å²) >= 11 is 0. The van der Waals surface area contributed by atoms with E-state index < -0.39 is 70.9 Å². The van der Waals surface area contributed by atoms with Crippen LogP contribution in [-0.4, -0.2) is 42.9 Å². The molecule has 1 aliphatic heterocycles. The number of carbonyl (C=O) groups is 1. The normalized spacial score (nSPS) is 21.8. The molecule has 0 spiro atoms. The number of alkyl halides is 9. The molecule has 5 rings (SSSR count). The molecule has 2 aliphatic rings. The highest BCUT2D eigenvalue weighted by Crippen LogP contribution is 2.47. The maximum atomic E-state index is 14.3. The van der Waals surface area contributed by atoms with E-state index in [1.165, 1.54) is 22.9 Å². The van der Waals surface area contributed by atoms with Gasteiger partial charge in [-0.1, -0.05) is 12.0 Å². The largest absolute Gasteiger partial charge is 0.416 e. The number of rotatable bonds is 8. The first-order valence-corrected chi connectivity index (χ1v) is 16.6. The van der Waals surface area contributed by atoms with E-state index in [-0.39, 0.29) is 41.5 Å². The van der Waals surface area contributed by atoms with E-state index in [0.29, 0.717) is 50.7 Å². The number of benzene rings is 2. The number of carbonyl (C=O) groups excluding carboxylic acids is 1. The van der Waals surface area contributed by atoms with Gasteiger partial charge in [-0.15, -0.1) is 5.10 Å². The van der Waals surface area contributed by atoms with Crippen LogP contribution in [0.4, 0.5) is 51.1 Å². The van der Waals surface area contributed by atoms with E-state index in [1.54, 1.807) is 20.8 Å². The fraction of sp³-hybridized carbons (Fsp3) is 0.588. The molecule has 2 heterocycles. The first kappa shape index (κ1) is 38.3. The van der Waals surface area contributed by atoms with Gasteiger partial charge in [0.15, 0.2) is 0 Å². The Morgan fingerprint density at radius 3 is 1.96 bits per heavy atom. The molecule has 8 nitrogen and oxygen atoms in total. The fourth-order valence-corrected chi connectivity index (χ4v) is 7.38. The number of halogens is 9. The van der Waals surface area contributed by atoms with Gasteiger partial charge in [0.2, 0.25) is 5.91 Å². The SMILES string of the molecule is CC[C@@H]1C[C@H](N(Cc2cc(C(F)(F)F)cc(C(F)(F)F)c2)c2nnn(C)n2)c2cc(C(F)(F)F)ccc2N1C(=O)C1CCC(CC(C)(C)O)CC1. The van der Waals surface area contributed by atoms with Gasteiger partial charge >= 0.3 is 18.5 Å². The van der Waals surface area contributed by atoms with Crippen molar-refractivity contribution in [3.05, 3.63) is 64.2 Å². The first-order chi connectivity index (χ1) is 23.5. The number of anilines is 2. The molecule has 51 heavy (non-hydrogen) atoms. The molecular weight excluding hydrogens is 695 g/mol. The van der Waals surface area contributed by atoms with Crippen molar-refractivity contribution in [1.29, 1.82) is 0 Å². The van der Waals surface area contributed by atoms with Gasteiger partial charge in [-0.25, -0.2) is 0 Å². The molecule has 1 fully saturated rings. The maximum absolute atomic E-state index is 14.3. The third-order valence-electron chi connectivity index (χ3n) is 9.66. The van der Waals surface area contributed by atoms with Crippen LogP contribution in [0.2, 0.25) is 0 Å². The minimum atomic E-state index is -5.13. The van der Waals surface area contributed by atoms with Gasteiger partial charge in [0.25, 0.3) is 5.95 Å². The molecule has 3 aromatic rings. The molecule has 1 aromatic heterocycles. The van der Waals surface area contributed by atoms with E-state index in [0.717, 1.165) is 16.9 Å². The molecule has 2 aromatic carbocycles. The average molecular weight is 735 g/mol. The summed E-state index contributed by atoms with van der Waals surface area (Å²) in [6.45, 7) is 4.56. The number of hydrogen-bond acceptors (Lipinski definition) is 6. The van der Waals surface area contributed by atoms with Crippen molar-refractivity contribution in [2.24, 2.45) is 18.9 Å². The van der Waals surface area contributed by atoms with Gasteiger partial charge in [0, 0.05) is 24.2 Å². The number of fused-ring (bicyclic) bond motifs is 1. The van der Waals surface area contributed by atoms with Crippen LogP contribution < -0.4 is 9.80 Å². The fourth-order valence-electron chi connectivity index (χ4n) is 7.38. The molecule has 0 bridgehead atoms. The second-order valence-corrected chi connectivity index (χ2v) is 14.1. The van der Waals surface area contributed by atoms with E-state index in [2.05, 4.69) is 15.4 Å². The van der Waals surface area contributed by atoms with Gasteiger partial charge in [-0.05, 0) is 117 Å². The van der Waals surface area contributed by atoms with Crippen molar-refractivity contribution < 1.29 is 49.4 Å². The third kappa shape index (κ3) is 8.78. The van der Waals surface area contributed by atoms with Crippen LogP contribution in [0.5, 0.6) is 0 Å². The van der Waals surface area contributed by atoms with Crippen LogP contribution in [0.15, 0.2) is 36.4 Å². The zero-order chi connectivity index (χ0) is 37.7. The van der Waals surface area contributed by atoms with Crippen molar-refractivity contribution in [2.75, 3.05) is 9.80 Å². The van der Waals surface area contributed by atoms with Crippen LogP contribution in [0.3, 0.4) is 0 Å². The van der Waals surface area contributed by atoms with Gasteiger partial charge < -0.3 is 14.9 Å². The van der Waals surface area contributed by atoms with Crippen molar-refractivity contribution in [3.8, 4) is 0 Å². The van der Waals surface area contributed by atoms with Gasteiger partial charge in [-0.3, -0.25) is 4.79 Å². The quantitative estimate of drug-likeness (QED) is 0.234. The van der Waals surface area contributed by atoms with Crippen molar-refractivity contribution in [2.45, 2.75) is 108 Å². The molecule has 1 amide bonds. The average Bonchev–Trinajstić information content (AvgIpc) is 3.46. The second kappa shape index (κ2) is 13.9. The predicted octanol–water partition coefficient (Wildman–Crippen LogP) is 8.50. The van der Waals surface area contributed by atoms with Crippen LogP contribution in [-0.2, 0) is 36.9 Å². The van der Waals surface area contributed by atoms with Crippen LogP contribution in [0, 0.1) is 11.8 Å². The lowest BCUT2D eigenvalue weighted by atomic mass is 9.76. The minimum Gasteiger partial charge on any atom is -0.390 e. The molecule has 2 atom stereocenters. The van der Waals surface area contributed by atoms with Gasteiger partial charge in [-0.2, -0.15) is 44.3 Å². The summed E-state index contributed by atoms with van der Waals surface area (Å²) < 4.78 is 125. The van der Waals surface area contributed by atoms with Gasteiger partial charge in [0.1, 0.15) is 0 Å². The molecule has 17 heteroatoms. The topological polar surface area (TPSA) is 87.4 Å². The lowest BCUT2D eigenvalue weighted by molar-refractivity contribution is -0.143. The van der Waals surface area contributed by atoms with E-state index in [9.17, 15) is 49.4 Å². The smallest absolute Gasteiger partial charge is 0.390 e. The second-order valence-electron chi connectivity index (χ2n) is 14.1. The summed E-state index contributed by atoms with van der Waals surface area (Å²) in [6, 6.07) is 2.28. The molecular formula is C34H39F9N6O2. The van der Waals surface area contributed by atoms with Crippen molar-refractivity contribution >= 4 is 17.5 Å². The number of hydrogen-bond donors (Lipinski definition) is 1. The molecule has 1 saturated carbocycles. The third-order valence-corrected chi connectivity index (χ3v) is 9.66. The summed E-state index contributed by atoms with van der Waals surface area (Å²) in [5.74, 6) is -0.755. The van der Waals surface area contributed by atoms with Crippen LogP contribution in [0.25, 0.3) is 0 Å². The Bertz CT molecular complexity index is 1670. The van der Waals surface area contributed by atoms with Crippen LogP contribution in [0.1, 0.15) is 99.6 Å². The molecule has 0 radical (unpaired) electrons. The lowest BCUT2D eigenvalue weighted by Gasteiger charge is -2.46. The number of amides is 1. The highest BCUT2D eigenvalue weighted by molar-refractivity contribution is 5.97. The summed E-state index contributed by atoms with van der Waals surface area (Å²) in [5.41, 5.74) is -5.32. The Balaban J connectivity index is 1.60. The number of nitrogens with zero attached hydrogens (tertiary/aromatic N) is 6. The molecule has 1 N–H and O–H groups in total. The Hall–Kier alpha value is -3.89. The Morgan fingerprint density at radius 1 is 0.882 bits per heavy atom. The van der Waals surface area contributed by atoms with Crippen molar-refractivity contribution in [1.82, 2.24) is 20.2 Å². The van der Waals surface area contributed by atoms with Gasteiger partial charge in [0.05, 0.1) is 35.4 Å². The zero-order valence-electron chi connectivity index (χ0n) is 28.4. The molecule has 0 saturated heterocycles. The molecule has 280 valence electrons. The lowest BCUT2D eigenvalue weighted by Crippen LogP contribution is -2.50. The standard InChI is InChI=1S/C34H39F9N6O2/c1-5-25-16-28(48(30-44-46-47(4)45-30)18-20-12-23(33(38,39)40)14-24(13-20)34(41,42)43)26-15-22(32(35,36)37)10-11-27(26)49(25)29(50)21-8-6-19(7-9-21)17-31(2,3)51/h10-15,19,21,25,28,51H,5-9,16-18H2,1-4H3/t19?,21?,25-,28+/m1/s1. The number of aromatic nitrogens is 4. The maximum Gasteiger partial charge on any atom is 0.416 e. The van der Waals surface area contributed by atoms with Crippen molar-refractivity contribution in [3.63, 3.8) is 0 Å². The summed E-state index contributed by atoms with van der Waals surface area (Å²) in [6.07, 6.45) is -11.8. The Morgan fingerprint density at radius 2 is 1.47 bits per heavy atom. The van der Waals surface area contributed by atoms with E-state index in [4.69, 9.17) is 0 Å². The highest BCUT2D eigenvalue weighted by atomic mass is 19.4. The minimum absolute atomic E-state index is 0.00528. The Labute approximate surface area is 288 Å². The zero-order valence-corrected chi connectivity index (χ0v) is 28.4. The van der Waals surface area contributed by atoms with E-state index in [1.807, 2.05) is 0 Å². The summed E-state index contributed by atoms with van der Waals surface area (Å²) in [5, 5.41) is 22.1. The predicted molar refractivity (Wildman–Crippen MR) is 168 cm³/mol. The summed E-state index contributed by atoms with van der Waals surface area (Å²) in [4.78, 5) is 18.0. The van der Waals surface area contributed by atoms with Crippen LogP contribution >= 0.6 is 0 Å². The first-order valence-electron chi connectivity index (χ1n) is 16.6. The summed E-state index contributed by atoms with van der Waals surface area (Å²) in [7, 11) is 1.38. The Kier molecular flexibility index (Phi) is 10.5. The number of tetrazole rings is 1. The molecule has 1 aliphatic carbocycles. The molecule has 0 unspecified atom stereocenters. The highest BCUT2D eigenvalue weighted by Gasteiger charge is 2.44. The van der Waals surface area contributed by atoms with E-state index >= 15 is 0 Å². The number of aryl methyl sites for hydroxylation is 1. The number of aliphatic hydroxyl groups is 1. The monoisotopic (exact) mass is 734 g/mol.